The molecule has 1 atom stereocenters. The Labute approximate surface area is 323 Å². The maximum atomic E-state index is 15.3. The number of aromatic nitrogens is 2. The summed E-state index contributed by atoms with van der Waals surface area (Å²) in [5.41, 5.74) is 4.82. The molecule has 1 unspecified atom stereocenters. The van der Waals surface area contributed by atoms with Gasteiger partial charge in [0.1, 0.15) is 6.17 Å². The topological polar surface area (TPSA) is 106 Å². The Morgan fingerprint density at radius 1 is 1.19 bits per heavy atom. The number of unbranched alkanes of at least 4 members (excludes halogenated alkanes) is 1. The van der Waals surface area contributed by atoms with Crippen LogP contribution in [0.25, 0.3) is 10.2 Å². The number of anilines is 2. The summed E-state index contributed by atoms with van der Waals surface area (Å²) in [6.07, 6.45) is 13.1. The molecule has 4 fully saturated rings. The third-order valence-electron chi connectivity index (χ3n) is 11.5. The molecule has 2 bridgehead atoms. The standard InChI is InChI=1S/C41H46FN7O3S2/c1-5-6-9-18-47(3)25-40-22-41(23-40,24-40)27-16-17-31(29(42)21-27)52-20-11-15-33-34(37(50)51)44-39(54-33)49-19-10-12-28-26(2)35(48(4)46-36(28)49)45-38-43-30-13-7-8-14-32(30)53-38/h1,7-8,13-14,16-17,21,35H,6,9-12,15,18-20,22-25H2,2-4H3,(H,43,45)(H,50,51). The van der Waals surface area contributed by atoms with E-state index in [4.69, 9.17) is 21.2 Å². The molecule has 0 spiro atoms. The first-order valence-corrected chi connectivity index (χ1v) is 20.4. The highest BCUT2D eigenvalue weighted by atomic mass is 32.1. The fraction of sp³-hybridized carbons (Fsp3) is 0.463. The van der Waals surface area contributed by atoms with E-state index in [1.807, 2.05) is 41.2 Å². The lowest BCUT2D eigenvalue weighted by Crippen LogP contribution is -2.67. The van der Waals surface area contributed by atoms with Crippen molar-refractivity contribution < 1.29 is 19.0 Å². The van der Waals surface area contributed by atoms with Gasteiger partial charge in [0.25, 0.3) is 0 Å². The van der Waals surface area contributed by atoms with Gasteiger partial charge in [0.2, 0.25) is 0 Å². The smallest absolute Gasteiger partial charge is 0.355 e. The van der Waals surface area contributed by atoms with E-state index in [1.165, 1.54) is 11.3 Å². The van der Waals surface area contributed by atoms with Crippen LogP contribution in [0.5, 0.6) is 5.75 Å². The molecule has 54 heavy (non-hydrogen) atoms. The number of nitrogens with zero attached hydrogens (tertiary/aromatic N) is 6. The van der Waals surface area contributed by atoms with E-state index in [-0.39, 0.29) is 35.4 Å². The van der Waals surface area contributed by atoms with Crippen LogP contribution in [0, 0.1) is 23.6 Å². The van der Waals surface area contributed by atoms with Gasteiger partial charge in [0, 0.05) is 31.4 Å². The number of para-hydroxylation sites is 1. The number of halogens is 1. The maximum absolute atomic E-state index is 15.3. The zero-order valence-corrected chi connectivity index (χ0v) is 32.7. The first-order valence-electron chi connectivity index (χ1n) is 18.8. The third kappa shape index (κ3) is 6.84. The third-order valence-corrected chi connectivity index (χ3v) is 13.6. The van der Waals surface area contributed by atoms with E-state index >= 15 is 4.39 Å². The summed E-state index contributed by atoms with van der Waals surface area (Å²) in [5, 5.41) is 22.0. The molecule has 3 aliphatic carbocycles. The minimum Gasteiger partial charge on any atom is -0.491 e. The van der Waals surface area contributed by atoms with Gasteiger partial charge in [-0.1, -0.05) is 29.5 Å². The van der Waals surface area contributed by atoms with Gasteiger partial charge in [-0.25, -0.2) is 19.2 Å². The maximum Gasteiger partial charge on any atom is 0.355 e. The highest BCUT2D eigenvalue weighted by Crippen LogP contribution is 2.73. The van der Waals surface area contributed by atoms with Crippen LogP contribution in [0.15, 0.2) is 58.7 Å². The molecule has 9 rings (SSSR count). The molecule has 2 aromatic heterocycles. The fourth-order valence-corrected chi connectivity index (χ4v) is 11.1. The Hall–Kier alpha value is -4.51. The van der Waals surface area contributed by atoms with Gasteiger partial charge in [-0.2, -0.15) is 5.10 Å². The van der Waals surface area contributed by atoms with Crippen molar-refractivity contribution in [2.24, 2.45) is 10.5 Å². The van der Waals surface area contributed by atoms with Crippen molar-refractivity contribution in [2.75, 3.05) is 50.6 Å². The molecule has 1 saturated heterocycles. The molecule has 13 heteroatoms. The summed E-state index contributed by atoms with van der Waals surface area (Å²) >= 11 is 3.00. The van der Waals surface area contributed by atoms with Crippen LogP contribution in [0.3, 0.4) is 0 Å². The minimum atomic E-state index is -1.06. The zero-order chi connectivity index (χ0) is 37.6. The van der Waals surface area contributed by atoms with Gasteiger partial charge in [-0.15, -0.1) is 23.7 Å². The Kier molecular flexibility index (Phi) is 9.87. The molecule has 10 nitrogen and oxygen atoms in total. The number of aromatic carboxylic acids is 1. The average Bonchev–Trinajstić information content (AvgIpc) is 3.74. The molecule has 0 radical (unpaired) electrons. The lowest BCUT2D eigenvalue weighted by atomic mass is 9.33. The summed E-state index contributed by atoms with van der Waals surface area (Å²) in [4.78, 5) is 26.8. The lowest BCUT2D eigenvalue weighted by Gasteiger charge is -2.72. The number of fused-ring (bicyclic) bond motifs is 2. The molecule has 2 N–H and O–H groups in total. The van der Waals surface area contributed by atoms with Crippen LogP contribution in [-0.4, -0.2) is 83.3 Å². The van der Waals surface area contributed by atoms with E-state index in [1.54, 1.807) is 23.5 Å². The van der Waals surface area contributed by atoms with Crippen molar-refractivity contribution in [2.45, 2.75) is 76.3 Å². The summed E-state index contributed by atoms with van der Waals surface area (Å²) in [7, 11) is 4.10. The first-order chi connectivity index (χ1) is 26.1. The number of hydrazone groups is 1. The van der Waals surface area contributed by atoms with Crippen molar-refractivity contribution in [3.63, 3.8) is 0 Å². The van der Waals surface area contributed by atoms with Crippen molar-refractivity contribution in [3.05, 3.63) is 75.6 Å². The number of nitrogens with one attached hydrogen (secondary N) is 1. The largest absolute Gasteiger partial charge is 0.491 e. The van der Waals surface area contributed by atoms with Gasteiger partial charge in [0.15, 0.2) is 33.4 Å². The minimum absolute atomic E-state index is 0.0496. The van der Waals surface area contributed by atoms with E-state index in [0.29, 0.717) is 34.8 Å². The molecule has 2 aliphatic heterocycles. The molecule has 4 aromatic rings. The molecule has 2 aromatic carbocycles. The van der Waals surface area contributed by atoms with Crippen LogP contribution >= 0.6 is 22.7 Å². The molecule has 3 saturated carbocycles. The zero-order valence-electron chi connectivity index (χ0n) is 31.0. The van der Waals surface area contributed by atoms with Crippen LogP contribution in [0.2, 0.25) is 0 Å². The van der Waals surface area contributed by atoms with Crippen LogP contribution < -0.4 is 15.0 Å². The highest BCUT2D eigenvalue weighted by molar-refractivity contribution is 7.22. The summed E-state index contributed by atoms with van der Waals surface area (Å²) in [6, 6.07) is 13.5. The number of carbonyl (C=O) groups is 1. The molecular formula is C41H46FN7O3S2. The van der Waals surface area contributed by atoms with Crippen LogP contribution in [-0.2, 0) is 11.8 Å². The number of thiazole rings is 2. The van der Waals surface area contributed by atoms with Crippen LogP contribution in [0.4, 0.5) is 14.7 Å². The Morgan fingerprint density at radius 3 is 2.76 bits per heavy atom. The quantitative estimate of drug-likeness (QED) is 0.0921. The number of terminal acetylenes is 1. The van der Waals surface area contributed by atoms with Crippen molar-refractivity contribution in [3.8, 4) is 18.1 Å². The number of aryl methyl sites for hydroxylation is 1. The predicted molar refractivity (Wildman–Crippen MR) is 214 cm³/mol. The van der Waals surface area contributed by atoms with Crippen LogP contribution in [0.1, 0.15) is 79.2 Å². The number of rotatable bonds is 15. The number of carboxylic acid groups (broad SMARTS) is 1. The number of benzene rings is 2. The fourth-order valence-electron chi connectivity index (χ4n) is 9.10. The van der Waals surface area contributed by atoms with E-state index < -0.39 is 5.97 Å². The molecule has 5 aliphatic rings. The molecule has 0 amide bonds. The van der Waals surface area contributed by atoms with E-state index in [2.05, 4.69) is 41.2 Å². The van der Waals surface area contributed by atoms with Gasteiger partial charge in [0.05, 0.1) is 16.8 Å². The van der Waals surface area contributed by atoms with Crippen molar-refractivity contribution in [1.29, 1.82) is 0 Å². The average molecular weight is 768 g/mol. The van der Waals surface area contributed by atoms with Gasteiger partial charge in [-0.3, -0.25) is 5.01 Å². The number of ether oxygens (including phenoxy) is 1. The van der Waals surface area contributed by atoms with E-state index in [9.17, 15) is 9.90 Å². The molecule has 4 heterocycles. The number of hydrogen-bond donors (Lipinski definition) is 2. The van der Waals surface area contributed by atoms with Crippen molar-refractivity contribution >= 4 is 55.0 Å². The van der Waals surface area contributed by atoms with Gasteiger partial charge in [-0.05, 0) is 124 Å². The number of piperidine rings is 1. The Morgan fingerprint density at radius 2 is 2.00 bits per heavy atom. The second-order valence-electron chi connectivity index (χ2n) is 15.5. The summed E-state index contributed by atoms with van der Waals surface area (Å²) in [5.74, 6) is 2.35. The van der Waals surface area contributed by atoms with Gasteiger partial charge < -0.3 is 25.0 Å². The molecule has 282 valence electrons. The SMILES string of the molecule is C#CCCCN(C)CC12CC(c3ccc(OCCCc4sc(N5CCCC6=C(C)C(Nc7nc8ccccc8s7)N(C)N=C65)nc4C(=O)O)c(F)c3)(C1)C2. The second-order valence-corrected chi connectivity index (χ2v) is 17.6. The number of carboxylic acids is 1. The lowest BCUT2D eigenvalue weighted by molar-refractivity contribution is -0.153. The summed E-state index contributed by atoms with van der Waals surface area (Å²) in [6.45, 7) is 5.16. The van der Waals surface area contributed by atoms with Gasteiger partial charge >= 0.3 is 5.97 Å². The first kappa shape index (κ1) is 36.5. The molecular weight excluding hydrogens is 722 g/mol. The Balaban J connectivity index is 0.877. The Bertz CT molecular complexity index is 2130. The monoisotopic (exact) mass is 767 g/mol. The number of likely N-dealkylation sites (N-methyl/N-ethyl adjacent to an activating group) is 1. The highest BCUT2D eigenvalue weighted by Gasteiger charge is 2.68. The second kappa shape index (κ2) is 14.6. The number of amidine groups is 1. The normalized spacial score (nSPS) is 23.1. The van der Waals surface area contributed by atoms with Crippen molar-refractivity contribution in [1.82, 2.24) is 19.9 Å². The number of hydrogen-bond acceptors (Lipinski definition) is 11. The summed E-state index contributed by atoms with van der Waals surface area (Å²) < 4.78 is 22.3. The van der Waals surface area contributed by atoms with E-state index in [0.717, 1.165) is 95.9 Å². The predicted octanol–water partition coefficient (Wildman–Crippen LogP) is 7.98.